The predicted octanol–water partition coefficient (Wildman–Crippen LogP) is 2.28. The van der Waals surface area contributed by atoms with Crippen LogP contribution in [-0.2, 0) is 27.8 Å². The average molecular weight is 489 g/mol. The minimum absolute atomic E-state index is 0.00878. The number of sulfonamides is 1. The smallest absolute Gasteiger partial charge is 0.338 e. The largest absolute Gasteiger partial charge is 0.454 e. The number of nitrogens with two attached hydrogens (primary N) is 1. The van der Waals surface area contributed by atoms with E-state index in [-0.39, 0.29) is 33.9 Å². The third kappa shape index (κ3) is 4.55. The van der Waals surface area contributed by atoms with Crippen molar-refractivity contribution >= 4 is 45.2 Å². The zero-order valence-electron chi connectivity index (χ0n) is 17.9. The molecule has 2 aromatic carbocycles. The molecule has 2 heterocycles. The van der Waals surface area contributed by atoms with Crippen LogP contribution in [-0.4, -0.2) is 50.0 Å². The van der Waals surface area contributed by atoms with E-state index >= 15 is 0 Å². The van der Waals surface area contributed by atoms with Gasteiger partial charge in [-0.1, -0.05) is 29.8 Å². The molecule has 2 N–H and O–H groups in total. The van der Waals surface area contributed by atoms with Crippen LogP contribution in [0.15, 0.2) is 47.4 Å². The van der Waals surface area contributed by atoms with Crippen molar-refractivity contribution in [2.45, 2.75) is 17.9 Å². The summed E-state index contributed by atoms with van der Waals surface area (Å²) in [6, 6.07) is 11.2. The lowest BCUT2D eigenvalue weighted by atomic mass is 10.2. The number of anilines is 3. The lowest BCUT2D eigenvalue weighted by molar-refractivity contribution is 0.0462. The maximum Gasteiger partial charge on any atom is 0.338 e. The van der Waals surface area contributed by atoms with Gasteiger partial charge in [0.05, 0.1) is 16.3 Å². The monoisotopic (exact) mass is 488 g/mol. The molecular weight excluding hydrogens is 468 g/mol. The van der Waals surface area contributed by atoms with Gasteiger partial charge < -0.3 is 15.4 Å². The molecule has 1 aromatic heterocycles. The Hall–Kier alpha value is -3.44. The Labute approximate surface area is 196 Å². The molecule has 0 radical (unpaired) electrons. The molecule has 4 rings (SSSR count). The van der Waals surface area contributed by atoms with Crippen LogP contribution < -0.4 is 14.9 Å². The van der Waals surface area contributed by atoms with Crippen molar-refractivity contribution in [2.24, 2.45) is 0 Å². The molecule has 0 amide bonds. The second-order valence-corrected chi connectivity index (χ2v) is 9.72. The van der Waals surface area contributed by atoms with Crippen LogP contribution in [0.4, 0.5) is 17.6 Å². The summed E-state index contributed by atoms with van der Waals surface area (Å²) in [5.74, 6) is -0.282. The number of carbonyl (C=O) groups is 1. The van der Waals surface area contributed by atoms with Crippen molar-refractivity contribution in [1.82, 2.24) is 15.0 Å². The molecule has 10 nitrogen and oxygen atoms in total. The highest BCUT2D eigenvalue weighted by Crippen LogP contribution is 2.35. The number of nitrogen functional groups attached to an aromatic ring is 1. The summed E-state index contributed by atoms with van der Waals surface area (Å²) < 4.78 is 33.3. The highest BCUT2D eigenvalue weighted by Gasteiger charge is 2.32. The number of carbonyl (C=O) groups excluding carboxylic acids is 1. The molecule has 0 spiro atoms. The van der Waals surface area contributed by atoms with Gasteiger partial charge in [-0.3, -0.25) is 4.31 Å². The van der Waals surface area contributed by atoms with Gasteiger partial charge in [0.1, 0.15) is 4.90 Å². The molecular formula is C21H21ClN6O4S. The molecule has 0 bridgehead atoms. The number of halogens is 1. The number of benzene rings is 2. The fourth-order valence-electron chi connectivity index (χ4n) is 3.41. The first-order chi connectivity index (χ1) is 15.7. The van der Waals surface area contributed by atoms with Crippen molar-refractivity contribution in [3.8, 4) is 0 Å². The van der Waals surface area contributed by atoms with Crippen molar-refractivity contribution in [1.29, 1.82) is 0 Å². The van der Waals surface area contributed by atoms with Crippen molar-refractivity contribution < 1.29 is 17.9 Å². The van der Waals surface area contributed by atoms with E-state index in [0.29, 0.717) is 24.6 Å². The summed E-state index contributed by atoms with van der Waals surface area (Å²) in [5, 5.41) is 0.0109. The average Bonchev–Trinajstić information content (AvgIpc) is 3.22. The summed E-state index contributed by atoms with van der Waals surface area (Å²) >= 11 is 6.22. The molecule has 172 valence electrons. The first kappa shape index (κ1) is 22.7. The lowest BCUT2D eigenvalue weighted by Gasteiger charge is -2.20. The second kappa shape index (κ2) is 8.83. The Bertz CT molecular complexity index is 1330. The quantitative estimate of drug-likeness (QED) is 0.519. The molecule has 1 aliphatic rings. The van der Waals surface area contributed by atoms with Crippen LogP contribution in [0.2, 0.25) is 5.02 Å². The Kier molecular flexibility index (Phi) is 6.09. The van der Waals surface area contributed by atoms with E-state index in [1.807, 2.05) is 12.1 Å². The first-order valence-electron chi connectivity index (χ1n) is 9.92. The van der Waals surface area contributed by atoms with Crippen LogP contribution in [0.3, 0.4) is 0 Å². The summed E-state index contributed by atoms with van der Waals surface area (Å²) in [5.41, 5.74) is 7.24. The van der Waals surface area contributed by atoms with E-state index in [4.69, 9.17) is 22.1 Å². The van der Waals surface area contributed by atoms with Crippen LogP contribution in [0.25, 0.3) is 0 Å². The Morgan fingerprint density at radius 3 is 2.70 bits per heavy atom. The number of esters is 1. The van der Waals surface area contributed by atoms with Crippen molar-refractivity contribution in [3.05, 3.63) is 64.4 Å². The molecule has 1 aliphatic heterocycles. The molecule has 0 saturated carbocycles. The van der Waals surface area contributed by atoms with Crippen LogP contribution in [0.1, 0.15) is 21.7 Å². The van der Waals surface area contributed by atoms with Gasteiger partial charge in [0.25, 0.3) is 10.0 Å². The topological polar surface area (TPSA) is 132 Å². The maximum absolute atomic E-state index is 13.4. The Morgan fingerprint density at radius 1 is 1.18 bits per heavy atom. The molecule has 33 heavy (non-hydrogen) atoms. The number of fused-ring (bicyclic) bond motifs is 1. The van der Waals surface area contributed by atoms with Gasteiger partial charge in [-0.25, -0.2) is 13.2 Å². The molecule has 12 heteroatoms. The van der Waals surface area contributed by atoms with Crippen LogP contribution in [0.5, 0.6) is 0 Å². The molecule has 0 saturated heterocycles. The second-order valence-electron chi connectivity index (χ2n) is 7.48. The van der Waals surface area contributed by atoms with Gasteiger partial charge in [-0.05, 0) is 36.2 Å². The summed E-state index contributed by atoms with van der Waals surface area (Å²) in [7, 11) is -0.518. The molecule has 0 atom stereocenters. The number of hydrogen-bond donors (Lipinski definition) is 1. The standard InChI is InChI=1S/C21H21ClN6O4S/c1-27(2)21-25-18(24-20(23)26-21)12-32-19(29)14-7-8-15(22)17(11-14)33(30,31)28-10-9-13-5-3-4-6-16(13)28/h3-8,11H,9-10,12H2,1-2H3,(H2,23,24,25,26). The number of para-hydroxylation sites is 1. The van der Waals surface area contributed by atoms with E-state index in [0.717, 1.165) is 5.56 Å². The van der Waals surface area contributed by atoms with Crippen molar-refractivity contribution in [2.75, 3.05) is 35.6 Å². The van der Waals surface area contributed by atoms with E-state index in [1.165, 1.54) is 22.5 Å². The minimum atomic E-state index is -3.99. The van der Waals surface area contributed by atoms with Crippen molar-refractivity contribution in [3.63, 3.8) is 0 Å². The zero-order valence-corrected chi connectivity index (χ0v) is 19.5. The third-order valence-electron chi connectivity index (χ3n) is 5.00. The number of rotatable bonds is 6. The number of aromatic nitrogens is 3. The zero-order chi connectivity index (χ0) is 23.8. The molecule has 0 fully saturated rings. The molecule has 3 aromatic rings. The van der Waals surface area contributed by atoms with Crippen LogP contribution in [0, 0.1) is 0 Å². The molecule has 0 unspecified atom stereocenters. The highest BCUT2D eigenvalue weighted by atomic mass is 35.5. The highest BCUT2D eigenvalue weighted by molar-refractivity contribution is 7.93. The van der Waals surface area contributed by atoms with E-state index in [2.05, 4.69) is 15.0 Å². The first-order valence-corrected chi connectivity index (χ1v) is 11.7. The van der Waals surface area contributed by atoms with E-state index in [1.54, 1.807) is 31.1 Å². The summed E-state index contributed by atoms with van der Waals surface area (Å²) in [6.45, 7) is 0.0261. The fourth-order valence-corrected chi connectivity index (χ4v) is 5.41. The summed E-state index contributed by atoms with van der Waals surface area (Å²) in [4.78, 5) is 26.2. The van der Waals surface area contributed by atoms with Gasteiger partial charge in [0.2, 0.25) is 11.9 Å². The normalized spacial score (nSPS) is 13.0. The SMILES string of the molecule is CN(C)c1nc(N)nc(COC(=O)c2ccc(Cl)c(S(=O)(=O)N3CCc4ccccc43)c2)n1. The van der Waals surface area contributed by atoms with Gasteiger partial charge in [0, 0.05) is 20.6 Å². The number of hydrogen-bond acceptors (Lipinski definition) is 9. The van der Waals surface area contributed by atoms with E-state index < -0.39 is 16.0 Å². The maximum atomic E-state index is 13.4. The summed E-state index contributed by atoms with van der Waals surface area (Å²) in [6.07, 6.45) is 0.596. The third-order valence-corrected chi connectivity index (χ3v) is 7.29. The van der Waals surface area contributed by atoms with Gasteiger partial charge in [-0.15, -0.1) is 0 Å². The van der Waals surface area contributed by atoms with Gasteiger partial charge in [0.15, 0.2) is 12.4 Å². The van der Waals surface area contributed by atoms with Gasteiger partial charge >= 0.3 is 5.97 Å². The number of nitrogens with zero attached hydrogens (tertiary/aromatic N) is 5. The number of ether oxygens (including phenoxy) is 1. The minimum Gasteiger partial charge on any atom is -0.454 e. The Balaban J connectivity index is 1.57. The Morgan fingerprint density at radius 2 is 1.94 bits per heavy atom. The van der Waals surface area contributed by atoms with Crippen LogP contribution >= 0.6 is 11.6 Å². The molecule has 0 aliphatic carbocycles. The predicted molar refractivity (Wildman–Crippen MR) is 124 cm³/mol. The lowest BCUT2D eigenvalue weighted by Crippen LogP contribution is -2.29. The van der Waals surface area contributed by atoms with Gasteiger partial charge in [-0.2, -0.15) is 15.0 Å². The van der Waals surface area contributed by atoms with E-state index in [9.17, 15) is 13.2 Å². The fraction of sp³-hybridized carbons (Fsp3) is 0.238.